The molecule has 1 aromatic carbocycles. The number of nitrogens with zero attached hydrogens (tertiary/aromatic N) is 2. The molecular weight excluding hydrogens is 226 g/mol. The average molecular weight is 238 g/mol. The van der Waals surface area contributed by atoms with Gasteiger partial charge in [0.2, 0.25) is 0 Å². The van der Waals surface area contributed by atoms with Crippen LogP contribution >= 0.6 is 11.6 Å². The van der Waals surface area contributed by atoms with Crippen molar-refractivity contribution in [1.82, 2.24) is 9.78 Å². The molecule has 1 heterocycles. The van der Waals surface area contributed by atoms with Gasteiger partial charge in [-0.25, -0.2) is 0 Å². The van der Waals surface area contributed by atoms with Gasteiger partial charge in [-0.15, -0.1) is 0 Å². The SMILES string of the molecule is Cc1cc(O)c(Cl)c(-c2cnn(C)c2N)c1. The largest absolute Gasteiger partial charge is 0.506 e. The van der Waals surface area contributed by atoms with Gasteiger partial charge in [-0.3, -0.25) is 4.68 Å². The summed E-state index contributed by atoms with van der Waals surface area (Å²) in [5, 5.41) is 14.0. The summed E-state index contributed by atoms with van der Waals surface area (Å²) in [6.07, 6.45) is 1.63. The van der Waals surface area contributed by atoms with E-state index in [0.29, 0.717) is 16.4 Å². The molecular formula is C11H12ClN3O. The molecule has 4 nitrogen and oxygen atoms in total. The van der Waals surface area contributed by atoms with Crippen molar-refractivity contribution in [2.75, 3.05) is 5.73 Å². The highest BCUT2D eigenvalue weighted by Gasteiger charge is 2.14. The third-order valence-corrected chi connectivity index (χ3v) is 2.87. The molecule has 5 heteroatoms. The molecule has 3 N–H and O–H groups in total. The maximum Gasteiger partial charge on any atom is 0.135 e. The van der Waals surface area contributed by atoms with Crippen LogP contribution < -0.4 is 5.73 Å². The number of aryl methyl sites for hydroxylation is 2. The molecule has 0 radical (unpaired) electrons. The van der Waals surface area contributed by atoms with Crippen molar-refractivity contribution < 1.29 is 5.11 Å². The lowest BCUT2D eigenvalue weighted by Crippen LogP contribution is -1.98. The number of hydrogen-bond acceptors (Lipinski definition) is 3. The summed E-state index contributed by atoms with van der Waals surface area (Å²) in [7, 11) is 1.75. The number of nitrogens with two attached hydrogens (primary N) is 1. The number of halogens is 1. The first-order chi connectivity index (χ1) is 7.50. The number of phenolic OH excluding ortho intramolecular Hbond substituents is 1. The highest BCUT2D eigenvalue weighted by Crippen LogP contribution is 2.37. The molecule has 0 atom stereocenters. The maximum atomic E-state index is 9.64. The highest BCUT2D eigenvalue weighted by atomic mass is 35.5. The van der Waals surface area contributed by atoms with E-state index in [9.17, 15) is 5.11 Å². The Hall–Kier alpha value is -1.68. The molecule has 0 aliphatic heterocycles. The Morgan fingerprint density at radius 1 is 1.38 bits per heavy atom. The van der Waals surface area contributed by atoms with E-state index in [1.165, 1.54) is 0 Å². The monoisotopic (exact) mass is 237 g/mol. The van der Waals surface area contributed by atoms with Gasteiger partial charge < -0.3 is 10.8 Å². The van der Waals surface area contributed by atoms with E-state index in [1.54, 1.807) is 24.0 Å². The normalized spacial score (nSPS) is 10.7. The number of hydrogen-bond donors (Lipinski definition) is 2. The lowest BCUT2D eigenvalue weighted by molar-refractivity contribution is 0.475. The van der Waals surface area contributed by atoms with Gasteiger partial charge >= 0.3 is 0 Å². The summed E-state index contributed by atoms with van der Waals surface area (Å²) in [6, 6.07) is 3.48. The van der Waals surface area contributed by atoms with E-state index in [1.807, 2.05) is 13.0 Å². The van der Waals surface area contributed by atoms with Crippen molar-refractivity contribution in [2.45, 2.75) is 6.92 Å². The molecule has 1 aromatic heterocycles. The fraction of sp³-hybridized carbons (Fsp3) is 0.182. The first kappa shape index (κ1) is 10.8. The van der Waals surface area contributed by atoms with Crippen LogP contribution in [-0.4, -0.2) is 14.9 Å². The smallest absolute Gasteiger partial charge is 0.135 e. The van der Waals surface area contributed by atoms with E-state index < -0.39 is 0 Å². The molecule has 0 unspecified atom stereocenters. The minimum absolute atomic E-state index is 0.0555. The molecule has 84 valence electrons. The quantitative estimate of drug-likeness (QED) is 0.800. The first-order valence-corrected chi connectivity index (χ1v) is 5.15. The lowest BCUT2D eigenvalue weighted by Gasteiger charge is -2.07. The Morgan fingerprint density at radius 2 is 2.06 bits per heavy atom. The number of anilines is 1. The molecule has 0 bridgehead atoms. The number of aromatic hydroxyl groups is 1. The second-order valence-corrected chi connectivity index (χ2v) is 4.09. The van der Waals surface area contributed by atoms with E-state index in [2.05, 4.69) is 5.10 Å². The van der Waals surface area contributed by atoms with Crippen LogP contribution in [0.3, 0.4) is 0 Å². The minimum atomic E-state index is 0.0555. The molecule has 2 rings (SSSR count). The Balaban J connectivity index is 2.69. The average Bonchev–Trinajstić information content (AvgIpc) is 2.54. The molecule has 0 spiro atoms. The fourth-order valence-corrected chi connectivity index (χ4v) is 1.81. The topological polar surface area (TPSA) is 64.1 Å². The van der Waals surface area contributed by atoms with Crippen LogP contribution in [0.4, 0.5) is 5.82 Å². The highest BCUT2D eigenvalue weighted by molar-refractivity contribution is 6.35. The molecule has 0 saturated heterocycles. The van der Waals surface area contributed by atoms with Crippen molar-refractivity contribution in [3.8, 4) is 16.9 Å². The number of rotatable bonds is 1. The fourth-order valence-electron chi connectivity index (χ4n) is 1.60. The van der Waals surface area contributed by atoms with E-state index in [0.717, 1.165) is 11.1 Å². The van der Waals surface area contributed by atoms with E-state index >= 15 is 0 Å². The number of phenols is 1. The van der Waals surface area contributed by atoms with Gasteiger partial charge in [-0.1, -0.05) is 11.6 Å². The summed E-state index contributed by atoms with van der Waals surface area (Å²) >= 11 is 6.04. The maximum absolute atomic E-state index is 9.64. The Kier molecular flexibility index (Phi) is 2.52. The summed E-state index contributed by atoms with van der Waals surface area (Å²) in [5.41, 5.74) is 8.21. The van der Waals surface area contributed by atoms with E-state index in [-0.39, 0.29) is 5.75 Å². The standard InChI is InChI=1S/C11H12ClN3O/c1-6-3-7(10(12)9(16)4-6)8-5-14-15(2)11(8)13/h3-5,16H,13H2,1-2H3. The van der Waals surface area contributed by atoms with Gasteiger partial charge in [-0.2, -0.15) is 5.10 Å². The zero-order valence-electron chi connectivity index (χ0n) is 9.03. The van der Waals surface area contributed by atoms with Crippen LogP contribution in [0.15, 0.2) is 18.3 Å². The summed E-state index contributed by atoms with van der Waals surface area (Å²) < 4.78 is 1.56. The van der Waals surface area contributed by atoms with Crippen LogP contribution in [0.5, 0.6) is 5.75 Å². The molecule has 16 heavy (non-hydrogen) atoms. The van der Waals surface area contributed by atoms with Gasteiger partial charge in [0.25, 0.3) is 0 Å². The zero-order valence-corrected chi connectivity index (χ0v) is 9.78. The molecule has 2 aromatic rings. The van der Waals surface area contributed by atoms with Crippen LogP contribution in [0.25, 0.3) is 11.1 Å². The minimum Gasteiger partial charge on any atom is -0.506 e. The van der Waals surface area contributed by atoms with Crippen molar-refractivity contribution >= 4 is 17.4 Å². The van der Waals surface area contributed by atoms with Crippen molar-refractivity contribution in [2.24, 2.45) is 7.05 Å². The van der Waals surface area contributed by atoms with Gasteiger partial charge in [0.05, 0.1) is 11.2 Å². The first-order valence-electron chi connectivity index (χ1n) is 4.77. The summed E-state index contributed by atoms with van der Waals surface area (Å²) in [4.78, 5) is 0. The predicted molar refractivity (Wildman–Crippen MR) is 64.5 cm³/mol. The van der Waals surface area contributed by atoms with Crippen LogP contribution in [0, 0.1) is 6.92 Å². The molecule has 0 saturated carbocycles. The zero-order chi connectivity index (χ0) is 11.9. The Morgan fingerprint density at radius 3 is 2.62 bits per heavy atom. The van der Waals surface area contributed by atoms with Gasteiger partial charge in [0, 0.05) is 18.2 Å². The second-order valence-electron chi connectivity index (χ2n) is 3.71. The van der Waals surface area contributed by atoms with Crippen molar-refractivity contribution in [3.05, 3.63) is 28.9 Å². The van der Waals surface area contributed by atoms with Crippen LogP contribution in [0.1, 0.15) is 5.56 Å². The second kappa shape index (κ2) is 3.72. The summed E-state index contributed by atoms with van der Waals surface area (Å²) in [5.74, 6) is 0.576. The number of aromatic nitrogens is 2. The number of nitrogen functional groups attached to an aromatic ring is 1. The Bertz CT molecular complexity index is 548. The Labute approximate surface area is 98.3 Å². The van der Waals surface area contributed by atoms with Crippen molar-refractivity contribution in [1.29, 1.82) is 0 Å². The van der Waals surface area contributed by atoms with Crippen LogP contribution in [0.2, 0.25) is 5.02 Å². The molecule has 0 fully saturated rings. The summed E-state index contributed by atoms with van der Waals surface area (Å²) in [6.45, 7) is 1.88. The third kappa shape index (κ3) is 1.61. The number of benzene rings is 1. The van der Waals surface area contributed by atoms with Crippen molar-refractivity contribution in [3.63, 3.8) is 0 Å². The molecule has 0 aliphatic carbocycles. The lowest BCUT2D eigenvalue weighted by atomic mass is 10.1. The van der Waals surface area contributed by atoms with Gasteiger partial charge in [-0.05, 0) is 24.6 Å². The molecule has 0 amide bonds. The predicted octanol–water partition coefficient (Wildman–Crippen LogP) is 2.34. The van der Waals surface area contributed by atoms with Gasteiger partial charge in [0.1, 0.15) is 11.6 Å². The van der Waals surface area contributed by atoms with E-state index in [4.69, 9.17) is 17.3 Å². The van der Waals surface area contributed by atoms with Crippen LogP contribution in [-0.2, 0) is 7.05 Å². The molecule has 0 aliphatic rings. The third-order valence-electron chi connectivity index (χ3n) is 2.47. The van der Waals surface area contributed by atoms with Gasteiger partial charge in [0.15, 0.2) is 0 Å².